The fourth-order valence-corrected chi connectivity index (χ4v) is 5.01. The molecule has 0 bridgehead atoms. The predicted molar refractivity (Wildman–Crippen MR) is 133 cm³/mol. The Morgan fingerprint density at radius 2 is 1.34 bits per heavy atom. The number of alkyl halides is 6. The van der Waals surface area contributed by atoms with Crippen LogP contribution in [0.2, 0.25) is 0 Å². The van der Waals surface area contributed by atoms with Crippen molar-refractivity contribution in [3.8, 4) is 0 Å². The Morgan fingerprint density at radius 3 is 1.82 bits per heavy atom. The number of Topliss-reactive ketones (excluding diaryl/α,β-unsaturated/α-hetero) is 2. The molecule has 3 rings (SSSR count). The number of hydrogen-bond donors (Lipinski definition) is 0. The van der Waals surface area contributed by atoms with Crippen LogP contribution >= 0.6 is 0 Å². The van der Waals surface area contributed by atoms with Crippen LogP contribution in [-0.4, -0.2) is 48.0 Å². The van der Waals surface area contributed by atoms with Crippen LogP contribution in [-0.2, 0) is 11.2 Å². The lowest BCUT2D eigenvalue weighted by Gasteiger charge is -2.48. The van der Waals surface area contributed by atoms with Gasteiger partial charge in [-0.3, -0.25) is 14.5 Å². The first-order valence-corrected chi connectivity index (χ1v) is 12.4. The normalized spacial score (nSPS) is 20.2. The van der Waals surface area contributed by atoms with E-state index in [9.17, 15) is 22.8 Å². The molecule has 9 heteroatoms. The van der Waals surface area contributed by atoms with E-state index in [0.717, 1.165) is 0 Å². The van der Waals surface area contributed by atoms with Crippen molar-refractivity contribution in [3.05, 3.63) is 95.1 Å². The SMILES string of the molecule is CCCN(CCC)C1C(C(=O)C(=O)c2ccccc2)=CC(C(F)(F)F)=CC1(Cc1ccccc1)C(F)(F)F. The molecule has 1 aliphatic rings. The topological polar surface area (TPSA) is 37.4 Å². The van der Waals surface area contributed by atoms with Crippen LogP contribution in [0.15, 0.2) is 84.0 Å². The summed E-state index contributed by atoms with van der Waals surface area (Å²) in [4.78, 5) is 28.1. The summed E-state index contributed by atoms with van der Waals surface area (Å²) in [5, 5.41) is 0. The van der Waals surface area contributed by atoms with Crippen molar-refractivity contribution in [1.82, 2.24) is 4.90 Å². The van der Waals surface area contributed by atoms with Crippen molar-refractivity contribution in [3.63, 3.8) is 0 Å². The van der Waals surface area contributed by atoms with E-state index in [-0.39, 0.29) is 30.3 Å². The van der Waals surface area contributed by atoms with E-state index in [0.29, 0.717) is 18.9 Å². The maximum Gasteiger partial charge on any atom is 0.416 e. The minimum Gasteiger partial charge on any atom is -0.295 e. The zero-order valence-corrected chi connectivity index (χ0v) is 21.1. The van der Waals surface area contributed by atoms with Crippen molar-refractivity contribution in [1.29, 1.82) is 0 Å². The molecule has 0 fully saturated rings. The average Bonchev–Trinajstić information content (AvgIpc) is 2.87. The summed E-state index contributed by atoms with van der Waals surface area (Å²) >= 11 is 0. The predicted octanol–water partition coefficient (Wildman–Crippen LogP) is 7.15. The van der Waals surface area contributed by atoms with Crippen LogP contribution < -0.4 is 0 Å². The van der Waals surface area contributed by atoms with Crippen LogP contribution in [0.4, 0.5) is 26.3 Å². The van der Waals surface area contributed by atoms with Crippen molar-refractivity contribution in [2.24, 2.45) is 5.41 Å². The number of halogens is 6. The summed E-state index contributed by atoms with van der Waals surface area (Å²) in [6, 6.07) is 12.7. The molecular weight excluding hydrogens is 508 g/mol. The minimum absolute atomic E-state index is 0.0878. The van der Waals surface area contributed by atoms with Gasteiger partial charge in [-0.2, -0.15) is 26.3 Å². The standard InChI is InChI=1S/C29H29F6NO2/c1-3-15-36(16-4-2)26-23(25(38)24(37)21-13-9-6-10-14-21)17-22(28(30,31)32)19-27(26,29(33,34)35)18-20-11-7-5-8-12-20/h5-14,17,19,26H,3-4,15-16,18H2,1-2H3. The lowest BCUT2D eigenvalue weighted by molar-refractivity contribution is -0.223. The van der Waals surface area contributed by atoms with Crippen LogP contribution in [0, 0.1) is 5.41 Å². The average molecular weight is 538 g/mol. The minimum atomic E-state index is -5.20. The summed E-state index contributed by atoms with van der Waals surface area (Å²) in [6.07, 6.45) is -9.79. The van der Waals surface area contributed by atoms with Crippen molar-refractivity contribution < 1.29 is 35.9 Å². The van der Waals surface area contributed by atoms with Crippen LogP contribution in [0.25, 0.3) is 0 Å². The Hall–Kier alpha value is -3.20. The van der Waals surface area contributed by atoms with Gasteiger partial charge in [-0.1, -0.05) is 80.6 Å². The first-order chi connectivity index (χ1) is 17.9. The Morgan fingerprint density at radius 1 is 0.816 bits per heavy atom. The van der Waals surface area contributed by atoms with Gasteiger partial charge in [0.05, 0.1) is 11.6 Å². The van der Waals surface area contributed by atoms with Gasteiger partial charge >= 0.3 is 12.4 Å². The molecule has 0 radical (unpaired) electrons. The number of benzene rings is 2. The summed E-state index contributed by atoms with van der Waals surface area (Å²) in [7, 11) is 0. The molecule has 2 atom stereocenters. The maximum atomic E-state index is 15.2. The first-order valence-electron chi connectivity index (χ1n) is 12.4. The summed E-state index contributed by atoms with van der Waals surface area (Å²) < 4.78 is 88.0. The van der Waals surface area contributed by atoms with Gasteiger partial charge in [0, 0.05) is 11.1 Å². The van der Waals surface area contributed by atoms with E-state index >= 15 is 13.2 Å². The van der Waals surface area contributed by atoms with Gasteiger partial charge in [0.15, 0.2) is 0 Å². The third kappa shape index (κ3) is 6.09. The molecular formula is C29H29F6NO2. The van der Waals surface area contributed by atoms with Crippen molar-refractivity contribution >= 4 is 11.6 Å². The molecule has 2 aromatic rings. The van der Waals surface area contributed by atoms with E-state index in [4.69, 9.17) is 0 Å². The van der Waals surface area contributed by atoms with Gasteiger partial charge in [0.1, 0.15) is 5.41 Å². The zero-order valence-electron chi connectivity index (χ0n) is 21.1. The molecule has 3 nitrogen and oxygen atoms in total. The highest BCUT2D eigenvalue weighted by Gasteiger charge is 2.63. The lowest BCUT2D eigenvalue weighted by atomic mass is 9.65. The number of ketones is 2. The molecule has 204 valence electrons. The number of carbonyl (C=O) groups is 2. The number of nitrogens with zero attached hydrogens (tertiary/aromatic N) is 1. The van der Waals surface area contributed by atoms with E-state index in [2.05, 4.69) is 0 Å². The number of allylic oxidation sites excluding steroid dienone is 2. The molecule has 0 spiro atoms. The first kappa shape index (κ1) is 29.4. The third-order valence-corrected chi connectivity index (χ3v) is 6.59. The van der Waals surface area contributed by atoms with Gasteiger partial charge < -0.3 is 0 Å². The van der Waals surface area contributed by atoms with E-state index in [1.807, 2.05) is 0 Å². The maximum absolute atomic E-state index is 15.2. The van der Waals surface area contributed by atoms with Gasteiger partial charge in [-0.15, -0.1) is 0 Å². The smallest absolute Gasteiger partial charge is 0.295 e. The van der Waals surface area contributed by atoms with Crippen LogP contribution in [0.3, 0.4) is 0 Å². The lowest BCUT2D eigenvalue weighted by Crippen LogP contribution is -2.59. The van der Waals surface area contributed by atoms with E-state index < -0.39 is 52.9 Å². The molecule has 2 aromatic carbocycles. The number of rotatable bonds is 10. The van der Waals surface area contributed by atoms with E-state index in [1.54, 1.807) is 26.0 Å². The third-order valence-electron chi connectivity index (χ3n) is 6.59. The molecule has 2 unspecified atom stereocenters. The zero-order chi connectivity index (χ0) is 28.1. The Balaban J connectivity index is 2.34. The van der Waals surface area contributed by atoms with Crippen LogP contribution in [0.5, 0.6) is 0 Å². The second-order valence-corrected chi connectivity index (χ2v) is 9.36. The number of carbonyl (C=O) groups excluding carboxylic acids is 2. The molecule has 0 aliphatic heterocycles. The molecule has 38 heavy (non-hydrogen) atoms. The summed E-state index contributed by atoms with van der Waals surface area (Å²) in [5.74, 6) is -2.54. The Kier molecular flexibility index (Phi) is 9.02. The highest BCUT2D eigenvalue weighted by atomic mass is 19.4. The fraction of sp³-hybridized carbons (Fsp3) is 0.379. The van der Waals surface area contributed by atoms with E-state index in [1.165, 1.54) is 53.4 Å². The van der Waals surface area contributed by atoms with Gasteiger partial charge in [0.2, 0.25) is 11.6 Å². The highest BCUT2D eigenvalue weighted by molar-refractivity contribution is 6.49. The Bertz CT molecular complexity index is 1180. The van der Waals surface area contributed by atoms with Gasteiger partial charge in [0.25, 0.3) is 0 Å². The number of hydrogen-bond acceptors (Lipinski definition) is 3. The van der Waals surface area contributed by atoms with Crippen molar-refractivity contribution in [2.75, 3.05) is 13.1 Å². The monoisotopic (exact) mass is 537 g/mol. The second-order valence-electron chi connectivity index (χ2n) is 9.36. The summed E-state index contributed by atoms with van der Waals surface area (Å²) in [6.45, 7) is 3.64. The van der Waals surface area contributed by atoms with Crippen molar-refractivity contribution in [2.45, 2.75) is 51.5 Å². The van der Waals surface area contributed by atoms with Gasteiger partial charge in [-0.25, -0.2) is 0 Å². The molecule has 0 saturated carbocycles. The van der Waals surface area contributed by atoms with Crippen LogP contribution in [0.1, 0.15) is 42.6 Å². The fourth-order valence-electron chi connectivity index (χ4n) is 5.01. The molecule has 0 N–H and O–H groups in total. The summed E-state index contributed by atoms with van der Waals surface area (Å²) in [5.41, 5.74) is -5.48. The quantitative estimate of drug-likeness (QED) is 0.184. The molecule has 0 heterocycles. The molecule has 0 aromatic heterocycles. The highest BCUT2D eigenvalue weighted by Crippen LogP contribution is 2.53. The molecule has 0 amide bonds. The van der Waals surface area contributed by atoms with Gasteiger partial charge in [-0.05, 0) is 44.0 Å². The molecule has 1 aliphatic carbocycles. The largest absolute Gasteiger partial charge is 0.416 e. The Labute approximate surface area is 217 Å². The second kappa shape index (κ2) is 11.7. The molecule has 0 saturated heterocycles.